The van der Waals surface area contributed by atoms with E-state index in [4.69, 9.17) is 4.42 Å². The summed E-state index contributed by atoms with van der Waals surface area (Å²) in [5, 5.41) is 3.62. The molecule has 0 spiro atoms. The van der Waals surface area contributed by atoms with Gasteiger partial charge in [0.25, 0.3) is 0 Å². The van der Waals surface area contributed by atoms with Crippen LogP contribution in [0.2, 0.25) is 0 Å². The van der Waals surface area contributed by atoms with E-state index in [9.17, 15) is 0 Å². The number of nitrogens with one attached hydrogen (secondary N) is 1. The second-order valence-electron chi connectivity index (χ2n) is 4.63. The quantitative estimate of drug-likeness (QED) is 0.926. The predicted molar refractivity (Wildman–Crippen MR) is 68.5 cm³/mol. The molecule has 0 radical (unpaired) electrons. The van der Waals surface area contributed by atoms with E-state index in [1.807, 2.05) is 12.1 Å². The van der Waals surface area contributed by atoms with Crippen molar-refractivity contribution in [1.29, 1.82) is 0 Å². The van der Waals surface area contributed by atoms with Crippen molar-refractivity contribution in [2.75, 3.05) is 20.1 Å². The van der Waals surface area contributed by atoms with Gasteiger partial charge in [-0.25, -0.2) is 0 Å². The Balaban J connectivity index is 1.89. The van der Waals surface area contributed by atoms with Crippen molar-refractivity contribution in [2.24, 2.45) is 0 Å². The summed E-state index contributed by atoms with van der Waals surface area (Å²) in [7, 11) is 2.18. The highest BCUT2D eigenvalue weighted by molar-refractivity contribution is 9.10. The van der Waals surface area contributed by atoms with Crippen molar-refractivity contribution in [1.82, 2.24) is 10.2 Å². The van der Waals surface area contributed by atoms with Crippen LogP contribution in [0, 0.1) is 0 Å². The Morgan fingerprint density at radius 2 is 2.38 bits per heavy atom. The van der Waals surface area contributed by atoms with Crippen LogP contribution >= 0.6 is 15.9 Å². The Bertz CT molecular complexity index is 340. The Kier molecular flexibility index (Phi) is 4.05. The Labute approximate surface area is 105 Å². The topological polar surface area (TPSA) is 28.4 Å². The largest absolute Gasteiger partial charge is 0.453 e. The molecule has 1 N–H and O–H groups in total. The number of halogens is 1. The van der Waals surface area contributed by atoms with E-state index < -0.39 is 0 Å². The Morgan fingerprint density at radius 1 is 1.56 bits per heavy atom. The van der Waals surface area contributed by atoms with Crippen LogP contribution in [0.15, 0.2) is 21.2 Å². The first kappa shape index (κ1) is 12.1. The van der Waals surface area contributed by atoms with Gasteiger partial charge in [-0.1, -0.05) is 0 Å². The first-order chi connectivity index (χ1) is 7.65. The first-order valence-electron chi connectivity index (χ1n) is 5.85. The number of furan rings is 1. The number of nitrogens with zero attached hydrogens (tertiary/aromatic N) is 1. The molecule has 0 saturated carbocycles. The summed E-state index contributed by atoms with van der Waals surface area (Å²) in [6.45, 7) is 4.50. The number of hydrogen-bond donors (Lipinski definition) is 1. The van der Waals surface area contributed by atoms with Gasteiger partial charge >= 0.3 is 0 Å². The zero-order valence-electron chi connectivity index (χ0n) is 9.87. The predicted octanol–water partition coefficient (Wildman–Crippen LogP) is 2.79. The number of piperidine rings is 1. The van der Waals surface area contributed by atoms with Crippen molar-refractivity contribution in [2.45, 2.75) is 31.8 Å². The summed E-state index contributed by atoms with van der Waals surface area (Å²) in [5.74, 6) is 1.00. The fourth-order valence-electron chi connectivity index (χ4n) is 2.30. The van der Waals surface area contributed by atoms with Crippen LogP contribution in [0.5, 0.6) is 0 Å². The van der Waals surface area contributed by atoms with Crippen LogP contribution in [-0.4, -0.2) is 31.1 Å². The SMILES string of the molecule is CC(NC1CCCN(C)C1)c1ccc(Br)o1. The summed E-state index contributed by atoms with van der Waals surface area (Å²) in [4.78, 5) is 2.38. The summed E-state index contributed by atoms with van der Waals surface area (Å²) >= 11 is 3.33. The van der Waals surface area contributed by atoms with Crippen molar-refractivity contribution in [3.63, 3.8) is 0 Å². The van der Waals surface area contributed by atoms with Gasteiger partial charge in [-0.15, -0.1) is 0 Å². The fraction of sp³-hybridized carbons (Fsp3) is 0.667. The van der Waals surface area contributed by atoms with Gasteiger partial charge in [-0.3, -0.25) is 0 Å². The maximum atomic E-state index is 5.55. The molecule has 2 atom stereocenters. The molecule has 1 saturated heterocycles. The highest BCUT2D eigenvalue weighted by Crippen LogP contribution is 2.21. The van der Waals surface area contributed by atoms with Gasteiger partial charge < -0.3 is 14.6 Å². The van der Waals surface area contributed by atoms with E-state index in [0.717, 1.165) is 17.0 Å². The van der Waals surface area contributed by atoms with Crippen LogP contribution in [0.25, 0.3) is 0 Å². The average molecular weight is 287 g/mol. The van der Waals surface area contributed by atoms with Gasteiger partial charge in [0.15, 0.2) is 4.67 Å². The first-order valence-corrected chi connectivity index (χ1v) is 6.64. The molecule has 2 heterocycles. The molecule has 0 amide bonds. The average Bonchev–Trinajstić information content (AvgIpc) is 2.65. The van der Waals surface area contributed by atoms with Crippen molar-refractivity contribution >= 4 is 15.9 Å². The van der Waals surface area contributed by atoms with E-state index in [2.05, 4.69) is 40.1 Å². The third kappa shape index (κ3) is 3.09. The maximum absolute atomic E-state index is 5.55. The summed E-state index contributed by atoms with van der Waals surface area (Å²) in [6.07, 6.45) is 2.54. The van der Waals surface area contributed by atoms with Crippen LogP contribution in [0.1, 0.15) is 31.6 Å². The lowest BCUT2D eigenvalue weighted by atomic mass is 10.1. The summed E-state index contributed by atoms with van der Waals surface area (Å²) in [6, 6.07) is 4.83. The maximum Gasteiger partial charge on any atom is 0.169 e. The number of rotatable bonds is 3. The number of hydrogen-bond acceptors (Lipinski definition) is 3. The molecule has 1 aromatic heterocycles. The van der Waals surface area contributed by atoms with Crippen LogP contribution < -0.4 is 5.32 Å². The fourth-order valence-corrected chi connectivity index (χ4v) is 2.62. The minimum atomic E-state index is 0.280. The molecular weight excluding hydrogens is 268 g/mol. The molecule has 4 heteroatoms. The van der Waals surface area contributed by atoms with Crippen molar-refractivity contribution in [3.8, 4) is 0 Å². The normalized spacial score (nSPS) is 24.6. The molecule has 90 valence electrons. The third-order valence-corrected chi connectivity index (χ3v) is 3.56. The monoisotopic (exact) mass is 286 g/mol. The second-order valence-corrected chi connectivity index (χ2v) is 5.41. The Morgan fingerprint density at radius 3 is 3.00 bits per heavy atom. The second kappa shape index (κ2) is 5.34. The molecule has 16 heavy (non-hydrogen) atoms. The zero-order valence-corrected chi connectivity index (χ0v) is 11.5. The van der Waals surface area contributed by atoms with Gasteiger partial charge in [0.2, 0.25) is 0 Å². The van der Waals surface area contributed by atoms with Crippen LogP contribution in [0.4, 0.5) is 0 Å². The zero-order chi connectivity index (χ0) is 11.5. The van der Waals surface area contributed by atoms with Gasteiger partial charge in [-0.05, 0) is 61.4 Å². The molecule has 1 aliphatic heterocycles. The lowest BCUT2D eigenvalue weighted by Gasteiger charge is -2.31. The summed E-state index contributed by atoms with van der Waals surface area (Å²) < 4.78 is 6.36. The van der Waals surface area contributed by atoms with E-state index in [1.54, 1.807) is 0 Å². The van der Waals surface area contributed by atoms with Crippen LogP contribution in [0.3, 0.4) is 0 Å². The number of likely N-dealkylation sites (N-methyl/N-ethyl adjacent to an activating group) is 1. The van der Waals surface area contributed by atoms with Gasteiger partial charge in [-0.2, -0.15) is 0 Å². The van der Waals surface area contributed by atoms with E-state index in [-0.39, 0.29) is 6.04 Å². The van der Waals surface area contributed by atoms with Gasteiger partial charge in [0.05, 0.1) is 6.04 Å². The lowest BCUT2D eigenvalue weighted by Crippen LogP contribution is -2.44. The molecule has 1 aliphatic rings. The lowest BCUT2D eigenvalue weighted by molar-refractivity contribution is 0.213. The van der Waals surface area contributed by atoms with E-state index in [0.29, 0.717) is 6.04 Å². The molecule has 1 fully saturated rings. The standard InChI is InChI=1S/C12H19BrN2O/c1-9(11-5-6-12(13)16-11)14-10-4-3-7-15(2)8-10/h5-6,9-10,14H,3-4,7-8H2,1-2H3. The minimum absolute atomic E-state index is 0.280. The highest BCUT2D eigenvalue weighted by Gasteiger charge is 2.20. The van der Waals surface area contributed by atoms with Crippen molar-refractivity contribution < 1.29 is 4.42 Å². The van der Waals surface area contributed by atoms with Gasteiger partial charge in [0, 0.05) is 12.6 Å². The summed E-state index contributed by atoms with van der Waals surface area (Å²) in [5.41, 5.74) is 0. The molecule has 0 aliphatic carbocycles. The smallest absolute Gasteiger partial charge is 0.169 e. The van der Waals surface area contributed by atoms with E-state index in [1.165, 1.54) is 19.4 Å². The third-order valence-electron chi connectivity index (χ3n) is 3.13. The highest BCUT2D eigenvalue weighted by atomic mass is 79.9. The molecule has 2 unspecified atom stereocenters. The molecule has 2 rings (SSSR count). The van der Waals surface area contributed by atoms with Gasteiger partial charge in [0.1, 0.15) is 5.76 Å². The minimum Gasteiger partial charge on any atom is -0.453 e. The van der Waals surface area contributed by atoms with Crippen molar-refractivity contribution in [3.05, 3.63) is 22.6 Å². The van der Waals surface area contributed by atoms with E-state index >= 15 is 0 Å². The Hall–Kier alpha value is -0.320. The molecular formula is C12H19BrN2O. The van der Waals surface area contributed by atoms with Crippen LogP contribution in [-0.2, 0) is 0 Å². The molecule has 0 aromatic carbocycles. The number of likely N-dealkylation sites (tertiary alicyclic amines) is 1. The molecule has 3 nitrogen and oxygen atoms in total. The molecule has 0 bridgehead atoms. The molecule has 1 aromatic rings.